The number of fused-ring (bicyclic) bond motifs is 1. The Kier molecular flexibility index (Phi) is 7.92. The minimum absolute atomic E-state index is 0.0930. The van der Waals surface area contributed by atoms with Crippen molar-refractivity contribution in [1.82, 2.24) is 24.4 Å². The van der Waals surface area contributed by atoms with Gasteiger partial charge in [0, 0.05) is 43.4 Å². The SMILES string of the molecule is O=C(C1CCC(C=Nc2ncc3nc(Nc4c(F)cc(F)cc4F)n(C4CCC(O)CC4)c3n2)CC1)N1CCCC1. The van der Waals surface area contributed by atoms with E-state index in [0.717, 1.165) is 51.6 Å². The average Bonchev–Trinajstić information content (AvgIpc) is 3.62. The number of nitrogens with one attached hydrogen (secondary N) is 1. The summed E-state index contributed by atoms with van der Waals surface area (Å²) >= 11 is 0. The van der Waals surface area contributed by atoms with Gasteiger partial charge in [-0.1, -0.05) is 0 Å². The van der Waals surface area contributed by atoms with E-state index in [0.29, 0.717) is 54.9 Å². The van der Waals surface area contributed by atoms with Crippen LogP contribution in [-0.2, 0) is 4.79 Å². The summed E-state index contributed by atoms with van der Waals surface area (Å²) in [5.41, 5.74) is 0.365. The van der Waals surface area contributed by atoms with Crippen LogP contribution >= 0.6 is 0 Å². The van der Waals surface area contributed by atoms with Crippen molar-refractivity contribution in [3.05, 3.63) is 35.8 Å². The maximum atomic E-state index is 14.5. The molecule has 218 valence electrons. The fourth-order valence-corrected chi connectivity index (χ4v) is 6.35. The Balaban J connectivity index is 1.23. The third-order valence-corrected chi connectivity index (χ3v) is 8.63. The number of anilines is 2. The van der Waals surface area contributed by atoms with Gasteiger partial charge in [-0.3, -0.25) is 9.36 Å². The maximum Gasteiger partial charge on any atom is 0.251 e. The van der Waals surface area contributed by atoms with Crippen LogP contribution in [0.4, 0.5) is 30.8 Å². The number of aliphatic imine (C=N–C) groups is 1. The molecule has 1 saturated heterocycles. The van der Waals surface area contributed by atoms with Gasteiger partial charge in [0.25, 0.3) is 5.95 Å². The smallest absolute Gasteiger partial charge is 0.251 e. The molecule has 12 heteroatoms. The van der Waals surface area contributed by atoms with Crippen molar-refractivity contribution in [3.63, 3.8) is 0 Å². The Bertz CT molecular complexity index is 1420. The van der Waals surface area contributed by atoms with Crippen LogP contribution in [0.15, 0.2) is 23.3 Å². The normalized spacial score (nSPS) is 25.3. The van der Waals surface area contributed by atoms with E-state index < -0.39 is 29.2 Å². The van der Waals surface area contributed by atoms with Crippen molar-refractivity contribution < 1.29 is 23.1 Å². The lowest BCUT2D eigenvalue weighted by Gasteiger charge is -2.28. The van der Waals surface area contributed by atoms with Crippen LogP contribution in [0.5, 0.6) is 0 Å². The minimum atomic E-state index is -1.08. The molecule has 0 spiro atoms. The van der Waals surface area contributed by atoms with Crippen LogP contribution in [0.1, 0.15) is 70.3 Å². The highest BCUT2D eigenvalue weighted by atomic mass is 19.1. The number of carbonyl (C=O) groups excluding carboxylic acids is 1. The molecule has 0 unspecified atom stereocenters. The summed E-state index contributed by atoms with van der Waals surface area (Å²) in [5.74, 6) is -2.15. The standard InChI is InChI=1S/C29H34F3N7O2/c30-19-13-22(31)25(23(32)14-19)36-29-35-24-16-34-28(37-26(24)39(29)20-7-9-21(40)10-8-20)33-15-17-3-5-18(6-4-17)27(41)38-11-1-2-12-38/h13-18,20-21,40H,1-12H2,(H,35,36). The summed E-state index contributed by atoms with van der Waals surface area (Å²) in [4.78, 5) is 32.8. The van der Waals surface area contributed by atoms with E-state index in [1.54, 1.807) is 4.57 Å². The lowest BCUT2D eigenvalue weighted by Crippen LogP contribution is -2.35. The average molecular weight is 570 g/mol. The number of hydrogen-bond acceptors (Lipinski definition) is 7. The Morgan fingerprint density at radius 3 is 2.34 bits per heavy atom. The summed E-state index contributed by atoms with van der Waals surface area (Å²) in [6.07, 6.45) is 11.0. The molecule has 3 aliphatic rings. The second kappa shape index (κ2) is 11.8. The number of aliphatic hydroxyl groups excluding tert-OH is 1. The van der Waals surface area contributed by atoms with Crippen LogP contribution < -0.4 is 5.32 Å². The lowest BCUT2D eigenvalue weighted by molar-refractivity contribution is -0.135. The molecule has 2 aromatic heterocycles. The van der Waals surface area contributed by atoms with Crippen LogP contribution in [0.2, 0.25) is 0 Å². The predicted octanol–water partition coefficient (Wildman–Crippen LogP) is 5.59. The number of nitrogens with zero attached hydrogens (tertiary/aromatic N) is 6. The predicted molar refractivity (Wildman–Crippen MR) is 148 cm³/mol. The minimum Gasteiger partial charge on any atom is -0.393 e. The molecule has 3 fully saturated rings. The maximum absolute atomic E-state index is 14.5. The van der Waals surface area contributed by atoms with Crippen LogP contribution in [0, 0.1) is 29.3 Å². The molecule has 3 aromatic rings. The van der Waals surface area contributed by atoms with E-state index in [2.05, 4.69) is 25.3 Å². The van der Waals surface area contributed by atoms with E-state index in [9.17, 15) is 23.1 Å². The van der Waals surface area contributed by atoms with E-state index in [1.165, 1.54) is 6.20 Å². The highest BCUT2D eigenvalue weighted by molar-refractivity contribution is 5.80. The van der Waals surface area contributed by atoms with Crippen molar-refractivity contribution in [2.75, 3.05) is 18.4 Å². The molecule has 1 aromatic carbocycles. The lowest BCUT2D eigenvalue weighted by atomic mass is 9.82. The second-order valence-corrected chi connectivity index (χ2v) is 11.4. The molecule has 9 nitrogen and oxygen atoms in total. The molecule has 0 radical (unpaired) electrons. The Labute approximate surface area is 235 Å². The summed E-state index contributed by atoms with van der Waals surface area (Å²) in [6.45, 7) is 1.76. The molecule has 2 N–H and O–H groups in total. The van der Waals surface area contributed by atoms with Crippen LogP contribution in [0.3, 0.4) is 0 Å². The first-order valence-electron chi connectivity index (χ1n) is 14.5. The topological polar surface area (TPSA) is 109 Å². The fraction of sp³-hybridized carbons (Fsp3) is 0.552. The Morgan fingerprint density at radius 1 is 0.976 bits per heavy atom. The van der Waals surface area contributed by atoms with Gasteiger partial charge in [-0.25, -0.2) is 28.1 Å². The molecule has 6 rings (SSSR count). The molecule has 0 atom stereocenters. The van der Waals surface area contributed by atoms with Gasteiger partial charge in [0.05, 0.1) is 12.3 Å². The number of rotatable bonds is 6. The van der Waals surface area contributed by atoms with Gasteiger partial charge in [-0.2, -0.15) is 4.98 Å². The number of hydrogen-bond donors (Lipinski definition) is 2. The number of aliphatic hydroxyl groups is 1. The zero-order valence-electron chi connectivity index (χ0n) is 22.8. The third-order valence-electron chi connectivity index (χ3n) is 8.63. The first-order valence-corrected chi connectivity index (χ1v) is 14.5. The number of halogens is 3. The molecule has 0 bridgehead atoms. The largest absolute Gasteiger partial charge is 0.393 e. The van der Waals surface area contributed by atoms with Gasteiger partial charge in [0.1, 0.15) is 17.0 Å². The third kappa shape index (κ3) is 5.93. The first-order chi connectivity index (χ1) is 19.9. The highest BCUT2D eigenvalue weighted by Crippen LogP contribution is 2.36. The van der Waals surface area contributed by atoms with Gasteiger partial charge in [-0.15, -0.1) is 0 Å². The molecular formula is C29H34F3N7O2. The molecule has 2 aliphatic carbocycles. The van der Waals surface area contributed by atoms with Crippen molar-refractivity contribution in [3.8, 4) is 0 Å². The van der Waals surface area contributed by atoms with Gasteiger partial charge in [0.2, 0.25) is 11.9 Å². The molecule has 1 amide bonds. The molecular weight excluding hydrogens is 535 g/mol. The zero-order valence-corrected chi connectivity index (χ0v) is 22.8. The van der Waals surface area contributed by atoms with Crippen molar-refractivity contribution in [2.45, 2.75) is 76.4 Å². The van der Waals surface area contributed by atoms with E-state index >= 15 is 0 Å². The number of imidazole rings is 1. The van der Waals surface area contributed by atoms with Crippen molar-refractivity contribution >= 4 is 40.9 Å². The Morgan fingerprint density at radius 2 is 1.66 bits per heavy atom. The van der Waals surface area contributed by atoms with Crippen molar-refractivity contribution in [1.29, 1.82) is 0 Å². The van der Waals surface area contributed by atoms with Crippen LogP contribution in [0.25, 0.3) is 11.2 Å². The number of carbonyl (C=O) groups is 1. The number of amides is 1. The molecule has 1 aliphatic heterocycles. The first kappa shape index (κ1) is 27.6. The zero-order chi connectivity index (χ0) is 28.5. The summed E-state index contributed by atoms with van der Waals surface area (Å²) in [6, 6.07) is 1.09. The van der Waals surface area contributed by atoms with E-state index in [4.69, 9.17) is 0 Å². The molecule has 2 saturated carbocycles. The number of aromatic nitrogens is 4. The van der Waals surface area contributed by atoms with Gasteiger partial charge < -0.3 is 15.3 Å². The summed E-state index contributed by atoms with van der Waals surface area (Å²) in [7, 11) is 0. The Hall–Kier alpha value is -3.54. The number of likely N-dealkylation sites (tertiary alicyclic amines) is 1. The molecule has 3 heterocycles. The second-order valence-electron chi connectivity index (χ2n) is 11.4. The monoisotopic (exact) mass is 569 g/mol. The number of benzene rings is 1. The van der Waals surface area contributed by atoms with E-state index in [1.807, 2.05) is 11.1 Å². The van der Waals surface area contributed by atoms with Gasteiger partial charge >= 0.3 is 0 Å². The highest BCUT2D eigenvalue weighted by Gasteiger charge is 2.30. The van der Waals surface area contributed by atoms with E-state index in [-0.39, 0.29) is 29.8 Å². The summed E-state index contributed by atoms with van der Waals surface area (Å²) < 4.78 is 44.2. The van der Waals surface area contributed by atoms with Crippen molar-refractivity contribution in [2.24, 2.45) is 16.8 Å². The van der Waals surface area contributed by atoms with Crippen LogP contribution in [-0.4, -0.2) is 60.8 Å². The van der Waals surface area contributed by atoms with Gasteiger partial charge in [0.15, 0.2) is 17.3 Å². The summed E-state index contributed by atoms with van der Waals surface area (Å²) in [5, 5.41) is 12.7. The fourth-order valence-electron chi connectivity index (χ4n) is 6.35. The molecule has 41 heavy (non-hydrogen) atoms. The quantitative estimate of drug-likeness (QED) is 0.375. The van der Waals surface area contributed by atoms with Gasteiger partial charge in [-0.05, 0) is 70.1 Å².